The molecule has 21 heavy (non-hydrogen) atoms. The van der Waals surface area contributed by atoms with Gasteiger partial charge in [-0.05, 0) is 43.5 Å². The number of nitrogens with zero attached hydrogens (tertiary/aromatic N) is 2. The fourth-order valence-corrected chi connectivity index (χ4v) is 2.12. The van der Waals surface area contributed by atoms with Crippen LogP contribution in [0.5, 0.6) is 0 Å². The van der Waals surface area contributed by atoms with Crippen molar-refractivity contribution in [2.45, 2.75) is 26.8 Å². The summed E-state index contributed by atoms with van der Waals surface area (Å²) < 4.78 is 1.86. The highest BCUT2D eigenvalue weighted by Crippen LogP contribution is 2.11. The number of aryl methyl sites for hydroxylation is 3. The fourth-order valence-electron chi connectivity index (χ4n) is 2.12. The second-order valence-corrected chi connectivity index (χ2v) is 5.11. The summed E-state index contributed by atoms with van der Waals surface area (Å²) in [4.78, 5) is 11.7. The number of carbonyl (C=O) groups excluding carboxylic acids is 1. The molecule has 2 aromatic rings. The number of hydrogen-bond acceptors (Lipinski definition) is 2. The minimum absolute atomic E-state index is 0.0598. The van der Waals surface area contributed by atoms with Crippen LogP contribution in [-0.2, 0) is 11.3 Å². The molecule has 0 unspecified atom stereocenters. The summed E-state index contributed by atoms with van der Waals surface area (Å²) in [6, 6.07) is 8.09. The maximum Gasteiger partial charge on any atom is 0.244 e. The lowest BCUT2D eigenvalue weighted by molar-refractivity contribution is -0.116. The Hall–Kier alpha value is -2.36. The van der Waals surface area contributed by atoms with E-state index in [9.17, 15) is 4.79 Å². The number of carbonyl (C=O) groups is 1. The van der Waals surface area contributed by atoms with Crippen molar-refractivity contribution >= 4 is 12.0 Å². The molecule has 0 fully saturated rings. The number of hydrogen-bond donors (Lipinski definition) is 1. The molecule has 0 radical (unpaired) electrons. The minimum atomic E-state index is -0.0598. The van der Waals surface area contributed by atoms with E-state index in [0.29, 0.717) is 6.54 Å². The second-order valence-electron chi connectivity index (χ2n) is 5.11. The zero-order chi connectivity index (χ0) is 15.1. The van der Waals surface area contributed by atoms with E-state index in [1.165, 1.54) is 11.1 Å². The molecule has 0 aliphatic heterocycles. The van der Waals surface area contributed by atoms with Crippen molar-refractivity contribution in [3.05, 3.63) is 59.4 Å². The van der Waals surface area contributed by atoms with E-state index in [4.69, 9.17) is 0 Å². The van der Waals surface area contributed by atoms with E-state index in [-0.39, 0.29) is 5.91 Å². The monoisotopic (exact) mass is 283 g/mol. The van der Waals surface area contributed by atoms with E-state index < -0.39 is 0 Å². The number of rotatable bonds is 6. The van der Waals surface area contributed by atoms with Gasteiger partial charge in [0.15, 0.2) is 0 Å². The first-order valence-corrected chi connectivity index (χ1v) is 7.16. The molecule has 1 N–H and O–H groups in total. The quantitative estimate of drug-likeness (QED) is 0.654. The van der Waals surface area contributed by atoms with Crippen LogP contribution in [0, 0.1) is 13.8 Å². The van der Waals surface area contributed by atoms with Crippen LogP contribution < -0.4 is 5.32 Å². The van der Waals surface area contributed by atoms with Crippen LogP contribution in [0.15, 0.2) is 42.7 Å². The molecule has 0 atom stereocenters. The molecule has 0 aliphatic rings. The molecular weight excluding hydrogens is 262 g/mol. The third kappa shape index (κ3) is 4.91. The van der Waals surface area contributed by atoms with Crippen LogP contribution in [0.4, 0.5) is 0 Å². The van der Waals surface area contributed by atoms with E-state index in [0.717, 1.165) is 18.5 Å². The second kappa shape index (κ2) is 7.43. The molecule has 1 aromatic carbocycles. The molecule has 0 aliphatic carbocycles. The van der Waals surface area contributed by atoms with Gasteiger partial charge in [0.2, 0.25) is 5.91 Å². The van der Waals surface area contributed by atoms with Crippen LogP contribution >= 0.6 is 0 Å². The number of aromatic nitrogens is 2. The van der Waals surface area contributed by atoms with Gasteiger partial charge in [0.25, 0.3) is 0 Å². The Bertz CT molecular complexity index is 615. The molecule has 0 bridgehead atoms. The van der Waals surface area contributed by atoms with Gasteiger partial charge in [-0.2, -0.15) is 5.10 Å². The van der Waals surface area contributed by atoms with Crippen LogP contribution in [0.25, 0.3) is 6.08 Å². The lowest BCUT2D eigenvalue weighted by atomic mass is 10.1. The highest BCUT2D eigenvalue weighted by atomic mass is 16.1. The molecule has 0 saturated carbocycles. The van der Waals surface area contributed by atoms with Crippen molar-refractivity contribution in [1.29, 1.82) is 0 Å². The van der Waals surface area contributed by atoms with Gasteiger partial charge in [-0.25, -0.2) is 0 Å². The molecule has 110 valence electrons. The zero-order valence-corrected chi connectivity index (χ0v) is 12.5. The van der Waals surface area contributed by atoms with Crippen molar-refractivity contribution in [3.8, 4) is 0 Å². The third-order valence-corrected chi connectivity index (χ3v) is 3.26. The SMILES string of the molecule is Cc1ccc(/C=C\C(=O)NCCCn2cccn2)c(C)c1. The number of nitrogens with one attached hydrogen (secondary N) is 1. The first-order valence-electron chi connectivity index (χ1n) is 7.16. The summed E-state index contributed by atoms with van der Waals surface area (Å²) >= 11 is 0. The smallest absolute Gasteiger partial charge is 0.244 e. The van der Waals surface area contributed by atoms with Crippen molar-refractivity contribution in [1.82, 2.24) is 15.1 Å². The predicted octanol–water partition coefficient (Wildman–Crippen LogP) is 2.72. The van der Waals surface area contributed by atoms with Gasteiger partial charge in [0, 0.05) is 31.6 Å². The summed E-state index contributed by atoms with van der Waals surface area (Å²) in [6.07, 6.45) is 7.99. The first kappa shape index (κ1) is 15.0. The van der Waals surface area contributed by atoms with Crippen molar-refractivity contribution in [2.75, 3.05) is 6.54 Å². The number of benzene rings is 1. The Morgan fingerprint density at radius 1 is 1.38 bits per heavy atom. The van der Waals surface area contributed by atoms with Crippen molar-refractivity contribution < 1.29 is 4.79 Å². The summed E-state index contributed by atoms with van der Waals surface area (Å²) in [5.74, 6) is -0.0598. The standard InChI is InChI=1S/C17H21N3O/c1-14-5-6-16(15(2)13-14)7-8-17(21)18-9-3-11-20-12-4-10-19-20/h4-8,10,12-13H,3,9,11H2,1-2H3,(H,18,21)/b8-7-. The van der Waals surface area contributed by atoms with Crippen LogP contribution in [0.2, 0.25) is 0 Å². The summed E-state index contributed by atoms with van der Waals surface area (Å²) in [5, 5.41) is 6.99. The Morgan fingerprint density at radius 2 is 2.24 bits per heavy atom. The molecule has 2 rings (SSSR count). The Kier molecular flexibility index (Phi) is 5.32. The molecule has 1 aromatic heterocycles. The van der Waals surface area contributed by atoms with Gasteiger partial charge in [0.05, 0.1) is 0 Å². The minimum Gasteiger partial charge on any atom is -0.352 e. The lowest BCUT2D eigenvalue weighted by Crippen LogP contribution is -2.23. The normalized spacial score (nSPS) is 11.0. The fraction of sp³-hybridized carbons (Fsp3) is 0.294. The average Bonchev–Trinajstić information content (AvgIpc) is 2.96. The summed E-state index contributed by atoms with van der Waals surface area (Å²) in [5.41, 5.74) is 3.48. The molecule has 1 heterocycles. The van der Waals surface area contributed by atoms with E-state index in [2.05, 4.69) is 36.4 Å². The van der Waals surface area contributed by atoms with Gasteiger partial charge in [-0.3, -0.25) is 9.48 Å². The molecule has 4 heteroatoms. The molecule has 0 spiro atoms. The highest BCUT2D eigenvalue weighted by molar-refractivity contribution is 5.91. The maximum absolute atomic E-state index is 11.7. The van der Waals surface area contributed by atoms with Gasteiger partial charge in [-0.15, -0.1) is 0 Å². The van der Waals surface area contributed by atoms with E-state index in [1.807, 2.05) is 29.1 Å². The van der Waals surface area contributed by atoms with Gasteiger partial charge in [0.1, 0.15) is 0 Å². The largest absolute Gasteiger partial charge is 0.352 e. The summed E-state index contributed by atoms with van der Waals surface area (Å²) in [6.45, 7) is 5.57. The van der Waals surface area contributed by atoms with Crippen LogP contribution in [0.1, 0.15) is 23.1 Å². The van der Waals surface area contributed by atoms with Crippen molar-refractivity contribution in [3.63, 3.8) is 0 Å². The van der Waals surface area contributed by atoms with Crippen LogP contribution in [-0.4, -0.2) is 22.2 Å². The molecule has 1 amide bonds. The van der Waals surface area contributed by atoms with Gasteiger partial charge < -0.3 is 5.32 Å². The van der Waals surface area contributed by atoms with Gasteiger partial charge >= 0.3 is 0 Å². The molecular formula is C17H21N3O. The summed E-state index contributed by atoms with van der Waals surface area (Å²) in [7, 11) is 0. The number of amides is 1. The molecule has 0 saturated heterocycles. The van der Waals surface area contributed by atoms with E-state index in [1.54, 1.807) is 12.3 Å². The Morgan fingerprint density at radius 3 is 2.95 bits per heavy atom. The van der Waals surface area contributed by atoms with Crippen LogP contribution in [0.3, 0.4) is 0 Å². The molecule has 4 nitrogen and oxygen atoms in total. The van der Waals surface area contributed by atoms with E-state index >= 15 is 0 Å². The third-order valence-electron chi connectivity index (χ3n) is 3.26. The lowest BCUT2D eigenvalue weighted by Gasteiger charge is -2.04. The maximum atomic E-state index is 11.7. The van der Waals surface area contributed by atoms with Crippen molar-refractivity contribution in [2.24, 2.45) is 0 Å². The topological polar surface area (TPSA) is 46.9 Å². The zero-order valence-electron chi connectivity index (χ0n) is 12.5. The van der Waals surface area contributed by atoms with Gasteiger partial charge in [-0.1, -0.05) is 23.8 Å². The Labute approximate surface area is 125 Å². The Balaban J connectivity index is 1.74. The highest BCUT2D eigenvalue weighted by Gasteiger charge is 1.98. The predicted molar refractivity (Wildman–Crippen MR) is 84.8 cm³/mol. The first-order chi connectivity index (χ1) is 10.1. The average molecular weight is 283 g/mol.